The number of thioether (sulfide) groups is 1. The van der Waals surface area contributed by atoms with Crippen LogP contribution in [0.3, 0.4) is 0 Å². The van der Waals surface area contributed by atoms with E-state index in [1.807, 2.05) is 0 Å². The molecule has 0 saturated heterocycles. The second-order valence-corrected chi connectivity index (χ2v) is 7.15. The van der Waals surface area contributed by atoms with Gasteiger partial charge in [0.1, 0.15) is 0 Å². The Morgan fingerprint density at radius 2 is 1.75 bits per heavy atom. The van der Waals surface area contributed by atoms with E-state index in [1.54, 1.807) is 31.2 Å². The molecule has 0 unspecified atom stereocenters. The van der Waals surface area contributed by atoms with Crippen LogP contribution in [0, 0.1) is 0 Å². The van der Waals surface area contributed by atoms with Crippen LogP contribution in [0.15, 0.2) is 47.4 Å². The average molecular weight is 394 g/mol. The molecule has 0 aliphatic rings. The van der Waals surface area contributed by atoms with E-state index < -0.39 is 27.9 Å². The molecule has 24 heavy (non-hydrogen) atoms. The fourth-order valence-electron chi connectivity index (χ4n) is 1.83. The zero-order chi connectivity index (χ0) is 17.9. The van der Waals surface area contributed by atoms with Crippen LogP contribution in [0.5, 0.6) is 0 Å². The highest BCUT2D eigenvalue weighted by molar-refractivity contribution is 8.00. The lowest BCUT2D eigenvalue weighted by atomic mass is 10.2. The van der Waals surface area contributed by atoms with Gasteiger partial charge in [0.05, 0.1) is 15.8 Å². The number of alkyl halides is 3. The predicted molar refractivity (Wildman–Crippen MR) is 91.9 cm³/mol. The smallest absolute Gasteiger partial charge is 0.325 e. The molecule has 1 atom stereocenters. The molecule has 0 bridgehead atoms. The van der Waals surface area contributed by atoms with Gasteiger partial charge in [-0.3, -0.25) is 4.79 Å². The molecular formula is C16H12Cl2F3NOS. The van der Waals surface area contributed by atoms with Crippen molar-refractivity contribution in [2.24, 2.45) is 0 Å². The van der Waals surface area contributed by atoms with Crippen LogP contribution in [-0.4, -0.2) is 11.2 Å². The van der Waals surface area contributed by atoms with Crippen molar-refractivity contribution in [3.63, 3.8) is 0 Å². The SMILES string of the molecule is C[C@@H](Sc1ccc(Cl)cc1)C(=O)Nc1ccc(Cl)c(C(F)(F)F)c1. The predicted octanol–water partition coefficient (Wildman–Crippen LogP) is 6.13. The molecule has 1 amide bonds. The molecule has 0 aromatic heterocycles. The van der Waals surface area contributed by atoms with E-state index in [4.69, 9.17) is 23.2 Å². The lowest BCUT2D eigenvalue weighted by Crippen LogP contribution is -2.22. The Kier molecular flexibility index (Phi) is 6.06. The van der Waals surface area contributed by atoms with Crippen LogP contribution in [0.2, 0.25) is 10.0 Å². The molecule has 2 nitrogen and oxygen atoms in total. The van der Waals surface area contributed by atoms with E-state index in [1.165, 1.54) is 17.8 Å². The van der Waals surface area contributed by atoms with E-state index in [9.17, 15) is 18.0 Å². The molecule has 0 aliphatic carbocycles. The number of hydrogen-bond acceptors (Lipinski definition) is 2. The van der Waals surface area contributed by atoms with E-state index in [2.05, 4.69) is 5.32 Å². The first kappa shape index (κ1) is 19.0. The van der Waals surface area contributed by atoms with Crippen molar-refractivity contribution in [1.82, 2.24) is 0 Å². The van der Waals surface area contributed by atoms with Gasteiger partial charge in [0.2, 0.25) is 5.91 Å². The maximum absolute atomic E-state index is 12.8. The van der Waals surface area contributed by atoms with Crippen molar-refractivity contribution >= 4 is 46.6 Å². The summed E-state index contributed by atoms with van der Waals surface area (Å²) in [4.78, 5) is 13.0. The number of anilines is 1. The van der Waals surface area contributed by atoms with Gasteiger partial charge in [0, 0.05) is 15.6 Å². The summed E-state index contributed by atoms with van der Waals surface area (Å²) in [5.41, 5.74) is -0.944. The molecule has 2 aromatic carbocycles. The van der Waals surface area contributed by atoms with E-state index >= 15 is 0 Å². The molecule has 1 N–H and O–H groups in total. The molecule has 0 heterocycles. The van der Waals surface area contributed by atoms with Crippen LogP contribution >= 0.6 is 35.0 Å². The van der Waals surface area contributed by atoms with Crippen LogP contribution in [0.25, 0.3) is 0 Å². The summed E-state index contributed by atoms with van der Waals surface area (Å²) in [5.74, 6) is -0.412. The molecule has 8 heteroatoms. The number of halogens is 5. The molecule has 0 saturated carbocycles. The van der Waals surface area contributed by atoms with Crippen molar-refractivity contribution in [3.8, 4) is 0 Å². The molecule has 0 spiro atoms. The summed E-state index contributed by atoms with van der Waals surface area (Å²) in [6, 6.07) is 10.2. The first-order chi connectivity index (χ1) is 11.2. The van der Waals surface area contributed by atoms with Crippen molar-refractivity contribution in [3.05, 3.63) is 58.1 Å². The van der Waals surface area contributed by atoms with Crippen molar-refractivity contribution in [2.75, 3.05) is 5.32 Å². The Morgan fingerprint density at radius 3 is 2.33 bits per heavy atom. The van der Waals surface area contributed by atoms with Gasteiger partial charge in [0.25, 0.3) is 0 Å². The molecule has 128 valence electrons. The molecule has 2 rings (SSSR count). The van der Waals surface area contributed by atoms with Gasteiger partial charge in [-0.2, -0.15) is 13.2 Å². The van der Waals surface area contributed by atoms with Crippen LogP contribution in [0.1, 0.15) is 12.5 Å². The third-order valence-corrected chi connectivity index (χ3v) is 4.73. The summed E-state index contributed by atoms with van der Waals surface area (Å²) < 4.78 is 38.5. The van der Waals surface area contributed by atoms with E-state index in [-0.39, 0.29) is 5.69 Å². The minimum absolute atomic E-state index is 0.0419. The number of rotatable bonds is 4. The van der Waals surface area contributed by atoms with Crippen molar-refractivity contribution in [1.29, 1.82) is 0 Å². The second-order valence-electron chi connectivity index (χ2n) is 4.90. The van der Waals surface area contributed by atoms with E-state index in [0.29, 0.717) is 5.02 Å². The quantitative estimate of drug-likeness (QED) is 0.632. The fourth-order valence-corrected chi connectivity index (χ4v) is 3.05. The summed E-state index contributed by atoms with van der Waals surface area (Å²) in [6.07, 6.45) is -4.58. The monoisotopic (exact) mass is 393 g/mol. The van der Waals surface area contributed by atoms with Gasteiger partial charge < -0.3 is 5.32 Å². The number of hydrogen-bond donors (Lipinski definition) is 1. The Morgan fingerprint density at radius 1 is 1.12 bits per heavy atom. The van der Waals surface area contributed by atoms with Gasteiger partial charge in [0.15, 0.2) is 0 Å². The lowest BCUT2D eigenvalue weighted by Gasteiger charge is -2.14. The maximum Gasteiger partial charge on any atom is 0.417 e. The fraction of sp³-hybridized carbons (Fsp3) is 0.188. The summed E-state index contributed by atoms with van der Waals surface area (Å²) in [5, 5.41) is 2.13. The third-order valence-electron chi connectivity index (χ3n) is 3.04. The highest BCUT2D eigenvalue weighted by Crippen LogP contribution is 2.36. The first-order valence-electron chi connectivity index (χ1n) is 6.76. The standard InChI is InChI=1S/C16H12Cl2F3NOS/c1-9(24-12-5-2-10(17)3-6-12)15(23)22-11-4-7-14(18)13(8-11)16(19,20)21/h2-9H,1H3,(H,22,23)/t9-/m1/s1. The molecule has 2 aromatic rings. The van der Waals surface area contributed by atoms with E-state index in [0.717, 1.165) is 17.0 Å². The molecule has 0 aliphatic heterocycles. The lowest BCUT2D eigenvalue weighted by molar-refractivity contribution is -0.137. The Balaban J connectivity index is 2.07. The van der Waals surface area contributed by atoms with Crippen molar-refractivity contribution < 1.29 is 18.0 Å². The number of benzene rings is 2. The zero-order valence-electron chi connectivity index (χ0n) is 12.3. The highest BCUT2D eigenvalue weighted by Gasteiger charge is 2.33. The first-order valence-corrected chi connectivity index (χ1v) is 8.40. The largest absolute Gasteiger partial charge is 0.417 e. The Hall–Kier alpha value is -1.37. The van der Waals surface area contributed by atoms with Crippen LogP contribution < -0.4 is 5.32 Å². The molecule has 0 radical (unpaired) electrons. The normalized spacial score (nSPS) is 12.8. The van der Waals surface area contributed by atoms with Gasteiger partial charge in [-0.25, -0.2) is 0 Å². The Bertz CT molecular complexity index is 735. The zero-order valence-corrected chi connectivity index (χ0v) is 14.7. The number of carbonyl (C=O) groups is 1. The maximum atomic E-state index is 12.8. The molecular weight excluding hydrogens is 382 g/mol. The minimum Gasteiger partial charge on any atom is -0.325 e. The van der Waals surface area contributed by atoms with Crippen LogP contribution in [-0.2, 0) is 11.0 Å². The number of amides is 1. The summed E-state index contributed by atoms with van der Waals surface area (Å²) >= 11 is 12.6. The topological polar surface area (TPSA) is 29.1 Å². The summed E-state index contributed by atoms with van der Waals surface area (Å²) in [6.45, 7) is 1.66. The van der Waals surface area contributed by atoms with Crippen molar-refractivity contribution in [2.45, 2.75) is 23.2 Å². The van der Waals surface area contributed by atoms with Gasteiger partial charge in [-0.05, 0) is 49.4 Å². The minimum atomic E-state index is -4.58. The Labute approximate surface area is 151 Å². The van der Waals surface area contributed by atoms with Gasteiger partial charge in [-0.1, -0.05) is 23.2 Å². The van der Waals surface area contributed by atoms with Gasteiger partial charge in [-0.15, -0.1) is 11.8 Å². The highest BCUT2D eigenvalue weighted by atomic mass is 35.5. The second kappa shape index (κ2) is 7.68. The third kappa shape index (κ3) is 5.06. The summed E-state index contributed by atoms with van der Waals surface area (Å²) in [7, 11) is 0. The molecule has 0 fully saturated rings. The van der Waals surface area contributed by atoms with Crippen LogP contribution in [0.4, 0.5) is 18.9 Å². The van der Waals surface area contributed by atoms with Gasteiger partial charge >= 0.3 is 6.18 Å². The number of carbonyl (C=O) groups excluding carboxylic acids is 1. The number of nitrogens with one attached hydrogen (secondary N) is 1. The average Bonchev–Trinajstić information content (AvgIpc) is 2.50.